The second-order valence-corrected chi connectivity index (χ2v) is 4.43. The summed E-state index contributed by atoms with van der Waals surface area (Å²) in [5.41, 5.74) is 1.83. The molecular weight excluding hydrogens is 289 g/mol. The monoisotopic (exact) mass is 297 g/mol. The average molecular weight is 297 g/mol. The highest BCUT2D eigenvalue weighted by Crippen LogP contribution is 2.28. The van der Waals surface area contributed by atoms with Crippen LogP contribution < -0.4 is 0 Å². The summed E-state index contributed by atoms with van der Waals surface area (Å²) in [7, 11) is 0. The van der Waals surface area contributed by atoms with Gasteiger partial charge >= 0.3 is 0 Å². The first kappa shape index (κ1) is 9.53. The number of nitriles is 1. The molecule has 0 saturated carbocycles. The highest BCUT2D eigenvalue weighted by Gasteiger charge is 2.11. The Morgan fingerprint density at radius 3 is 3.00 bits per heavy atom. The maximum Gasteiger partial charge on any atom is 0.135 e. The molecule has 0 radical (unpaired) electrons. The Hall–Kier alpha value is -1.02. The van der Waals surface area contributed by atoms with E-state index in [2.05, 4.69) is 28.7 Å². The molecule has 1 atom stereocenters. The Labute approximate surface area is 95.7 Å². The molecule has 3 heteroatoms. The smallest absolute Gasteiger partial charge is 0.135 e. The third-order valence-electron chi connectivity index (χ3n) is 2.23. The lowest BCUT2D eigenvalue weighted by Crippen LogP contribution is -1.86. The summed E-state index contributed by atoms with van der Waals surface area (Å²) in [6.45, 7) is 1.88. The molecule has 0 saturated heterocycles. The molecule has 0 amide bonds. The Kier molecular flexibility index (Phi) is 2.46. The molecule has 0 aliphatic heterocycles. The van der Waals surface area contributed by atoms with Crippen LogP contribution in [0.2, 0.25) is 0 Å². The number of fused-ring (bicyclic) bond motifs is 1. The normalized spacial score (nSPS) is 12.6. The fourth-order valence-corrected chi connectivity index (χ4v) is 1.89. The molecule has 2 aromatic rings. The highest BCUT2D eigenvalue weighted by molar-refractivity contribution is 14.1. The van der Waals surface area contributed by atoms with Crippen molar-refractivity contribution >= 4 is 33.6 Å². The van der Waals surface area contributed by atoms with E-state index in [0.717, 1.165) is 20.1 Å². The Balaban J connectivity index is 2.65. The zero-order chi connectivity index (χ0) is 10.1. The lowest BCUT2D eigenvalue weighted by atomic mass is 10.0. The van der Waals surface area contributed by atoms with Gasteiger partial charge in [-0.15, -0.1) is 0 Å². The second-order valence-electron chi connectivity index (χ2n) is 3.18. The Morgan fingerprint density at radius 2 is 2.29 bits per heavy atom. The van der Waals surface area contributed by atoms with Gasteiger partial charge in [0.2, 0.25) is 0 Å². The number of nitrogens with zero attached hydrogens (tertiary/aromatic N) is 1. The predicted octanol–water partition coefficient (Wildman–Crippen LogP) is 3.66. The molecule has 0 aliphatic carbocycles. The minimum atomic E-state index is -0.115. The van der Waals surface area contributed by atoms with Crippen LogP contribution in [0.25, 0.3) is 11.0 Å². The minimum absolute atomic E-state index is 0.115. The number of benzene rings is 1. The molecule has 0 N–H and O–H groups in total. The van der Waals surface area contributed by atoms with E-state index in [4.69, 9.17) is 9.68 Å². The zero-order valence-electron chi connectivity index (χ0n) is 7.62. The quantitative estimate of drug-likeness (QED) is 0.753. The molecule has 2 rings (SSSR count). The van der Waals surface area contributed by atoms with Crippen LogP contribution in [-0.2, 0) is 0 Å². The van der Waals surface area contributed by atoms with E-state index >= 15 is 0 Å². The number of rotatable bonds is 1. The average Bonchev–Trinajstić information content (AvgIpc) is 2.59. The molecule has 0 fully saturated rings. The summed E-state index contributed by atoms with van der Waals surface area (Å²) in [5.74, 6) is -0.115. The molecule has 2 nitrogen and oxygen atoms in total. The number of furan rings is 1. The van der Waals surface area contributed by atoms with Crippen LogP contribution >= 0.6 is 22.6 Å². The van der Waals surface area contributed by atoms with E-state index in [9.17, 15) is 0 Å². The van der Waals surface area contributed by atoms with Crippen LogP contribution in [0.1, 0.15) is 18.4 Å². The van der Waals surface area contributed by atoms with Crippen molar-refractivity contribution < 1.29 is 4.42 Å². The maximum atomic E-state index is 8.83. The molecule has 70 valence electrons. The first-order chi connectivity index (χ1) is 6.72. The SMILES string of the molecule is CC(C#N)c1coc2cc(I)ccc12. The molecule has 14 heavy (non-hydrogen) atoms. The summed E-state index contributed by atoms with van der Waals surface area (Å²) in [5, 5.41) is 9.87. The third-order valence-corrected chi connectivity index (χ3v) is 2.90. The van der Waals surface area contributed by atoms with E-state index in [1.165, 1.54) is 0 Å². The second kappa shape index (κ2) is 3.62. The summed E-state index contributed by atoms with van der Waals surface area (Å²) in [6.07, 6.45) is 1.68. The standard InChI is InChI=1S/C11H8INO/c1-7(5-13)10-6-14-11-4-8(12)2-3-9(10)11/h2-4,6-7H,1H3. The fourth-order valence-electron chi connectivity index (χ4n) is 1.43. The summed E-state index contributed by atoms with van der Waals surface area (Å²) < 4.78 is 6.54. The zero-order valence-corrected chi connectivity index (χ0v) is 9.78. The van der Waals surface area contributed by atoms with Gasteiger partial charge in [-0.3, -0.25) is 0 Å². The number of hydrogen-bond donors (Lipinski definition) is 0. The van der Waals surface area contributed by atoms with Gasteiger partial charge in [-0.1, -0.05) is 0 Å². The van der Waals surface area contributed by atoms with E-state index in [1.807, 2.05) is 25.1 Å². The van der Waals surface area contributed by atoms with Crippen LogP contribution in [0.3, 0.4) is 0 Å². The van der Waals surface area contributed by atoms with Crippen molar-refractivity contribution in [3.8, 4) is 6.07 Å². The number of halogens is 1. The molecule has 1 aromatic heterocycles. The molecule has 0 bridgehead atoms. The summed E-state index contributed by atoms with van der Waals surface area (Å²) in [4.78, 5) is 0. The van der Waals surface area contributed by atoms with Gasteiger partial charge in [0.1, 0.15) is 5.58 Å². The topological polar surface area (TPSA) is 36.9 Å². The van der Waals surface area contributed by atoms with Crippen molar-refractivity contribution in [1.82, 2.24) is 0 Å². The van der Waals surface area contributed by atoms with Gasteiger partial charge in [0.05, 0.1) is 18.3 Å². The predicted molar refractivity (Wildman–Crippen MR) is 63.0 cm³/mol. The van der Waals surface area contributed by atoms with Crippen LogP contribution in [-0.4, -0.2) is 0 Å². The van der Waals surface area contributed by atoms with Crippen molar-refractivity contribution in [2.24, 2.45) is 0 Å². The Morgan fingerprint density at radius 1 is 1.50 bits per heavy atom. The van der Waals surface area contributed by atoms with Gasteiger partial charge < -0.3 is 4.42 Å². The first-order valence-electron chi connectivity index (χ1n) is 4.28. The van der Waals surface area contributed by atoms with Crippen LogP contribution in [0, 0.1) is 14.9 Å². The van der Waals surface area contributed by atoms with Crippen LogP contribution in [0.15, 0.2) is 28.9 Å². The molecule has 1 unspecified atom stereocenters. The third kappa shape index (κ3) is 1.50. The maximum absolute atomic E-state index is 8.83. The van der Waals surface area contributed by atoms with Gasteiger partial charge in [0.25, 0.3) is 0 Å². The lowest BCUT2D eigenvalue weighted by molar-refractivity contribution is 0.609. The Bertz CT molecular complexity index is 509. The first-order valence-corrected chi connectivity index (χ1v) is 5.36. The van der Waals surface area contributed by atoms with Crippen molar-refractivity contribution in [3.63, 3.8) is 0 Å². The molecular formula is C11H8INO. The van der Waals surface area contributed by atoms with E-state index in [0.29, 0.717) is 0 Å². The van der Waals surface area contributed by atoms with Crippen LogP contribution in [0.4, 0.5) is 0 Å². The lowest BCUT2D eigenvalue weighted by Gasteiger charge is -1.97. The van der Waals surface area contributed by atoms with Crippen molar-refractivity contribution in [2.75, 3.05) is 0 Å². The van der Waals surface area contributed by atoms with E-state index < -0.39 is 0 Å². The molecule has 1 heterocycles. The van der Waals surface area contributed by atoms with E-state index in [1.54, 1.807) is 6.26 Å². The van der Waals surface area contributed by atoms with Crippen molar-refractivity contribution in [3.05, 3.63) is 33.6 Å². The van der Waals surface area contributed by atoms with Gasteiger partial charge in [-0.25, -0.2) is 0 Å². The molecule has 0 spiro atoms. The van der Waals surface area contributed by atoms with Crippen molar-refractivity contribution in [1.29, 1.82) is 5.26 Å². The molecule has 0 aliphatic rings. The van der Waals surface area contributed by atoms with Crippen LogP contribution in [0.5, 0.6) is 0 Å². The fraction of sp³-hybridized carbons (Fsp3) is 0.182. The summed E-state index contributed by atoms with van der Waals surface area (Å²) in [6, 6.07) is 8.21. The largest absolute Gasteiger partial charge is 0.464 e. The van der Waals surface area contributed by atoms with Gasteiger partial charge in [0, 0.05) is 14.5 Å². The van der Waals surface area contributed by atoms with Gasteiger partial charge in [-0.2, -0.15) is 5.26 Å². The van der Waals surface area contributed by atoms with Gasteiger partial charge in [0.15, 0.2) is 0 Å². The number of hydrogen-bond acceptors (Lipinski definition) is 2. The van der Waals surface area contributed by atoms with Gasteiger partial charge in [-0.05, 0) is 47.7 Å². The highest BCUT2D eigenvalue weighted by atomic mass is 127. The van der Waals surface area contributed by atoms with E-state index in [-0.39, 0.29) is 5.92 Å². The minimum Gasteiger partial charge on any atom is -0.464 e. The molecule has 1 aromatic carbocycles. The summed E-state index contributed by atoms with van der Waals surface area (Å²) >= 11 is 2.24. The van der Waals surface area contributed by atoms with Crippen molar-refractivity contribution in [2.45, 2.75) is 12.8 Å².